The summed E-state index contributed by atoms with van der Waals surface area (Å²) < 4.78 is 53.5. The first-order chi connectivity index (χ1) is 14.1. The normalized spacial score (nSPS) is 15.7. The van der Waals surface area contributed by atoms with Crippen LogP contribution in [0.3, 0.4) is 0 Å². The largest absolute Gasteiger partial charge is 0.326 e. The average Bonchev–Trinajstić information content (AvgIpc) is 2.71. The third kappa shape index (κ3) is 4.58. The fourth-order valence-corrected chi connectivity index (χ4v) is 4.88. The second-order valence-corrected chi connectivity index (χ2v) is 8.98. The van der Waals surface area contributed by atoms with Crippen LogP contribution in [0.2, 0.25) is 5.02 Å². The van der Waals surface area contributed by atoms with E-state index < -0.39 is 43.3 Å². The highest BCUT2D eigenvalue weighted by Crippen LogP contribution is 2.29. The zero-order valence-corrected chi connectivity index (χ0v) is 16.9. The van der Waals surface area contributed by atoms with Gasteiger partial charge in [0, 0.05) is 30.8 Å². The van der Waals surface area contributed by atoms with E-state index in [4.69, 9.17) is 11.6 Å². The monoisotopic (exact) mass is 459 g/mol. The SMILES string of the molecule is O=C(Nc1ccc(Cl)c([N+](=O)[O-])c1)C1CCN(S(=O)(=O)c2cc(F)ccc2F)CC1. The number of benzene rings is 2. The Labute approximate surface area is 175 Å². The molecule has 1 aliphatic heterocycles. The third-order valence-corrected chi connectivity index (χ3v) is 6.98. The van der Waals surface area contributed by atoms with Crippen LogP contribution in [0.25, 0.3) is 0 Å². The van der Waals surface area contributed by atoms with Crippen LogP contribution >= 0.6 is 11.6 Å². The number of anilines is 1. The number of halogens is 3. The molecular weight excluding hydrogens is 444 g/mol. The molecule has 8 nitrogen and oxygen atoms in total. The van der Waals surface area contributed by atoms with Crippen molar-refractivity contribution < 1.29 is 26.9 Å². The van der Waals surface area contributed by atoms with Crippen LogP contribution in [0.15, 0.2) is 41.3 Å². The van der Waals surface area contributed by atoms with Crippen LogP contribution in [0, 0.1) is 27.7 Å². The minimum Gasteiger partial charge on any atom is -0.326 e. The number of rotatable bonds is 5. The molecule has 2 aromatic carbocycles. The number of piperidine rings is 1. The van der Waals surface area contributed by atoms with Crippen molar-refractivity contribution in [1.82, 2.24) is 4.31 Å². The van der Waals surface area contributed by atoms with Crippen LogP contribution in [-0.4, -0.2) is 36.6 Å². The van der Waals surface area contributed by atoms with E-state index in [2.05, 4.69) is 5.32 Å². The van der Waals surface area contributed by atoms with Crippen molar-refractivity contribution in [3.8, 4) is 0 Å². The number of amides is 1. The molecule has 3 rings (SSSR count). The van der Waals surface area contributed by atoms with E-state index in [1.54, 1.807) is 0 Å². The number of nitro benzene ring substituents is 1. The van der Waals surface area contributed by atoms with Gasteiger partial charge in [0.05, 0.1) is 4.92 Å². The number of nitro groups is 1. The predicted molar refractivity (Wildman–Crippen MR) is 105 cm³/mol. The van der Waals surface area contributed by atoms with Gasteiger partial charge < -0.3 is 5.32 Å². The Kier molecular flexibility index (Phi) is 6.34. The van der Waals surface area contributed by atoms with Gasteiger partial charge in [-0.1, -0.05) is 11.6 Å². The molecule has 0 aromatic heterocycles. The van der Waals surface area contributed by atoms with Crippen molar-refractivity contribution in [3.05, 3.63) is 63.2 Å². The van der Waals surface area contributed by atoms with Gasteiger partial charge in [-0.2, -0.15) is 4.31 Å². The van der Waals surface area contributed by atoms with Crippen LogP contribution in [-0.2, 0) is 14.8 Å². The van der Waals surface area contributed by atoms with Crippen LogP contribution in [0.1, 0.15) is 12.8 Å². The molecule has 12 heteroatoms. The van der Waals surface area contributed by atoms with Crippen molar-refractivity contribution in [3.63, 3.8) is 0 Å². The van der Waals surface area contributed by atoms with Crippen LogP contribution in [0.5, 0.6) is 0 Å². The zero-order chi connectivity index (χ0) is 22.1. The first-order valence-corrected chi connectivity index (χ1v) is 10.6. The van der Waals surface area contributed by atoms with E-state index in [9.17, 15) is 32.1 Å². The molecule has 1 heterocycles. The standard InChI is InChI=1S/C18H16ClF2N3O5S/c19-14-3-2-13(10-16(14)24(26)27)22-18(25)11-5-7-23(8-6-11)30(28,29)17-9-12(20)1-4-15(17)21/h1-4,9-11H,5-8H2,(H,22,25). The summed E-state index contributed by atoms with van der Waals surface area (Å²) in [6.07, 6.45) is 0.301. The number of hydrogen-bond acceptors (Lipinski definition) is 5. The summed E-state index contributed by atoms with van der Waals surface area (Å²) in [6, 6.07) is 6.03. The van der Waals surface area contributed by atoms with E-state index in [-0.39, 0.29) is 42.3 Å². The molecule has 2 aromatic rings. The molecule has 1 aliphatic rings. The Morgan fingerprint density at radius 3 is 2.47 bits per heavy atom. The maximum absolute atomic E-state index is 13.9. The summed E-state index contributed by atoms with van der Waals surface area (Å²) in [5.74, 6) is -2.91. The minimum atomic E-state index is -4.25. The van der Waals surface area contributed by atoms with Gasteiger partial charge in [0.15, 0.2) is 0 Å². The van der Waals surface area contributed by atoms with Gasteiger partial charge in [-0.3, -0.25) is 14.9 Å². The van der Waals surface area contributed by atoms with Gasteiger partial charge in [0.2, 0.25) is 15.9 Å². The summed E-state index contributed by atoms with van der Waals surface area (Å²) in [5, 5.41) is 13.4. The summed E-state index contributed by atoms with van der Waals surface area (Å²) >= 11 is 5.74. The third-order valence-electron chi connectivity index (χ3n) is 4.75. The first kappa shape index (κ1) is 22.1. The maximum atomic E-state index is 13.9. The van der Waals surface area contributed by atoms with Gasteiger partial charge in [-0.15, -0.1) is 0 Å². The Hall–Kier alpha value is -2.63. The molecule has 0 bridgehead atoms. The molecule has 0 aliphatic carbocycles. The highest BCUT2D eigenvalue weighted by Gasteiger charge is 2.34. The minimum absolute atomic E-state index is 0.0584. The quantitative estimate of drug-likeness (QED) is 0.543. The molecule has 1 fully saturated rings. The Balaban J connectivity index is 1.67. The molecule has 160 valence electrons. The fourth-order valence-electron chi connectivity index (χ4n) is 3.15. The van der Waals surface area contributed by atoms with E-state index >= 15 is 0 Å². The maximum Gasteiger partial charge on any atom is 0.289 e. The molecular formula is C18H16ClF2N3O5S. The number of nitrogens with one attached hydrogen (secondary N) is 1. The lowest BCUT2D eigenvalue weighted by molar-refractivity contribution is -0.384. The van der Waals surface area contributed by atoms with Crippen LogP contribution < -0.4 is 5.32 Å². The van der Waals surface area contributed by atoms with Crippen LogP contribution in [0.4, 0.5) is 20.2 Å². The van der Waals surface area contributed by atoms with Gasteiger partial charge in [0.25, 0.3) is 5.69 Å². The fraction of sp³-hybridized carbons (Fsp3) is 0.278. The summed E-state index contributed by atoms with van der Waals surface area (Å²) in [4.78, 5) is 22.0. The molecule has 0 saturated carbocycles. The Morgan fingerprint density at radius 2 is 1.83 bits per heavy atom. The smallest absolute Gasteiger partial charge is 0.289 e. The molecule has 0 unspecified atom stereocenters. The molecule has 1 saturated heterocycles. The van der Waals surface area contributed by atoms with E-state index in [0.29, 0.717) is 6.07 Å². The molecule has 0 spiro atoms. The van der Waals surface area contributed by atoms with E-state index in [1.165, 1.54) is 12.1 Å². The van der Waals surface area contributed by atoms with Crippen molar-refractivity contribution in [2.75, 3.05) is 18.4 Å². The lowest BCUT2D eigenvalue weighted by Crippen LogP contribution is -2.41. The van der Waals surface area contributed by atoms with Crippen molar-refractivity contribution in [2.24, 2.45) is 5.92 Å². The van der Waals surface area contributed by atoms with Crippen molar-refractivity contribution >= 4 is 38.9 Å². The van der Waals surface area contributed by atoms with E-state index in [0.717, 1.165) is 22.5 Å². The lowest BCUT2D eigenvalue weighted by Gasteiger charge is -2.30. The summed E-state index contributed by atoms with van der Waals surface area (Å²) in [5.41, 5.74) is -0.166. The Morgan fingerprint density at radius 1 is 1.17 bits per heavy atom. The van der Waals surface area contributed by atoms with Crippen molar-refractivity contribution in [2.45, 2.75) is 17.7 Å². The van der Waals surface area contributed by atoms with Gasteiger partial charge in [-0.05, 0) is 43.2 Å². The number of carbonyl (C=O) groups is 1. The first-order valence-electron chi connectivity index (χ1n) is 8.79. The zero-order valence-electron chi connectivity index (χ0n) is 15.3. The lowest BCUT2D eigenvalue weighted by atomic mass is 9.97. The topological polar surface area (TPSA) is 110 Å². The number of carbonyl (C=O) groups excluding carboxylic acids is 1. The van der Waals surface area contributed by atoms with Gasteiger partial charge >= 0.3 is 0 Å². The number of sulfonamides is 1. The molecule has 0 atom stereocenters. The molecule has 0 radical (unpaired) electrons. The predicted octanol–water partition coefficient (Wildman–Crippen LogP) is 3.57. The van der Waals surface area contributed by atoms with Gasteiger partial charge in [0.1, 0.15) is 21.6 Å². The Bertz CT molecular complexity index is 1100. The molecule has 30 heavy (non-hydrogen) atoms. The number of hydrogen-bond donors (Lipinski definition) is 1. The van der Waals surface area contributed by atoms with Crippen molar-refractivity contribution in [1.29, 1.82) is 0 Å². The molecule has 1 amide bonds. The summed E-state index contributed by atoms with van der Waals surface area (Å²) in [6.45, 7) is -0.117. The highest BCUT2D eigenvalue weighted by atomic mass is 35.5. The van der Waals surface area contributed by atoms with E-state index in [1.807, 2.05) is 0 Å². The highest BCUT2D eigenvalue weighted by molar-refractivity contribution is 7.89. The molecule has 1 N–H and O–H groups in total. The van der Waals surface area contributed by atoms with Gasteiger partial charge in [-0.25, -0.2) is 17.2 Å². The second kappa shape index (κ2) is 8.62. The number of nitrogens with zero attached hydrogens (tertiary/aromatic N) is 2. The average molecular weight is 460 g/mol. The summed E-state index contributed by atoms with van der Waals surface area (Å²) in [7, 11) is -4.25. The second-order valence-electron chi connectivity index (χ2n) is 6.67.